The molecule has 3 amide bonds. The number of imide groups is 1. The lowest BCUT2D eigenvalue weighted by Crippen LogP contribution is -2.44. The third-order valence-corrected chi connectivity index (χ3v) is 5.63. The van der Waals surface area contributed by atoms with E-state index in [4.69, 9.17) is 0 Å². The fourth-order valence-electron chi connectivity index (χ4n) is 4.47. The number of carbonyl (C=O) groups excluding carboxylic acids is 2. The van der Waals surface area contributed by atoms with E-state index in [0.717, 1.165) is 27.7 Å². The van der Waals surface area contributed by atoms with E-state index < -0.39 is 12.1 Å². The van der Waals surface area contributed by atoms with Gasteiger partial charge in [-0.05, 0) is 29.3 Å². The van der Waals surface area contributed by atoms with Gasteiger partial charge < -0.3 is 10.1 Å². The van der Waals surface area contributed by atoms with Crippen molar-refractivity contribution >= 4 is 22.8 Å². The van der Waals surface area contributed by atoms with Crippen LogP contribution in [0, 0.1) is 0 Å². The lowest BCUT2D eigenvalue weighted by Gasteiger charge is -2.36. The second kappa shape index (κ2) is 5.99. The number of hydrogen-bond donors (Lipinski definition) is 2. The van der Waals surface area contributed by atoms with Gasteiger partial charge in [-0.3, -0.25) is 14.6 Å². The van der Waals surface area contributed by atoms with Crippen molar-refractivity contribution in [2.24, 2.45) is 0 Å². The molecule has 1 saturated heterocycles. The molecule has 0 aliphatic carbocycles. The normalized spacial score (nSPS) is 21.1. The fourth-order valence-corrected chi connectivity index (χ4v) is 4.47. The molecule has 2 aliphatic rings. The van der Waals surface area contributed by atoms with Crippen molar-refractivity contribution in [1.82, 2.24) is 14.8 Å². The van der Waals surface area contributed by atoms with Gasteiger partial charge in [-0.25, -0.2) is 4.79 Å². The molecule has 2 N–H and O–H groups in total. The number of benzene rings is 2. The van der Waals surface area contributed by atoms with Crippen molar-refractivity contribution < 1.29 is 14.7 Å². The van der Waals surface area contributed by atoms with Crippen LogP contribution in [0.5, 0.6) is 5.75 Å². The van der Waals surface area contributed by atoms with Crippen LogP contribution >= 0.6 is 0 Å². The molecule has 2 atom stereocenters. The van der Waals surface area contributed by atoms with Crippen molar-refractivity contribution in [3.63, 3.8) is 0 Å². The summed E-state index contributed by atoms with van der Waals surface area (Å²) in [7, 11) is 0. The van der Waals surface area contributed by atoms with Crippen LogP contribution in [0.3, 0.4) is 0 Å². The number of urea groups is 1. The number of rotatable bonds is 3. The van der Waals surface area contributed by atoms with Crippen molar-refractivity contribution in [3.8, 4) is 5.75 Å². The van der Waals surface area contributed by atoms with E-state index in [9.17, 15) is 14.7 Å². The van der Waals surface area contributed by atoms with Gasteiger partial charge in [-0.2, -0.15) is 0 Å². The Hall–Kier alpha value is -3.54. The predicted molar refractivity (Wildman–Crippen MR) is 105 cm³/mol. The molecule has 3 heterocycles. The average Bonchev–Trinajstić information content (AvgIpc) is 3.18. The fraction of sp³-hybridized carbons (Fsp3) is 0.182. The molecule has 140 valence electrons. The molecule has 6 nitrogen and oxygen atoms in total. The van der Waals surface area contributed by atoms with Crippen LogP contribution in [0.1, 0.15) is 22.9 Å². The standard InChI is InChI=1S/C22H19N3O3/c1-2-10-24-21(27)18-12-16-15-8-3-4-9-17(15)23-19(16)20(25(18)22(24)28)13-6-5-7-14(26)11-13/h2-9,11,18,20,23,26H,1,10,12H2/t18-,20+/m0/s1. The monoisotopic (exact) mass is 373 g/mol. The topological polar surface area (TPSA) is 76.6 Å². The Morgan fingerprint density at radius 1 is 1.18 bits per heavy atom. The van der Waals surface area contributed by atoms with Gasteiger partial charge in [-0.15, -0.1) is 6.58 Å². The van der Waals surface area contributed by atoms with Gasteiger partial charge in [0.2, 0.25) is 0 Å². The number of para-hydroxylation sites is 1. The summed E-state index contributed by atoms with van der Waals surface area (Å²) >= 11 is 0. The van der Waals surface area contributed by atoms with Gasteiger partial charge in [0.05, 0.1) is 0 Å². The molecule has 0 saturated carbocycles. The third-order valence-electron chi connectivity index (χ3n) is 5.63. The summed E-state index contributed by atoms with van der Waals surface area (Å²) in [6.45, 7) is 3.85. The van der Waals surface area contributed by atoms with Gasteiger partial charge in [-0.1, -0.05) is 36.4 Å². The number of amides is 3. The van der Waals surface area contributed by atoms with Crippen LogP contribution in [0.15, 0.2) is 61.2 Å². The minimum atomic E-state index is -0.563. The highest BCUT2D eigenvalue weighted by Crippen LogP contribution is 2.44. The number of phenols is 1. The zero-order chi connectivity index (χ0) is 19.4. The Kier molecular flexibility index (Phi) is 3.55. The average molecular weight is 373 g/mol. The predicted octanol–water partition coefficient (Wildman–Crippen LogP) is 3.34. The molecule has 3 aromatic rings. The Bertz CT molecular complexity index is 1130. The molecule has 1 fully saturated rings. The SMILES string of the molecule is C=CCN1C(=O)[C@@H]2Cc3c([nH]c4ccccc34)[C@@H](c3cccc(O)c3)N2C1=O. The highest BCUT2D eigenvalue weighted by molar-refractivity contribution is 6.06. The highest BCUT2D eigenvalue weighted by atomic mass is 16.3. The molecule has 0 spiro atoms. The number of H-pyrrole nitrogens is 1. The first-order chi connectivity index (χ1) is 13.6. The van der Waals surface area contributed by atoms with Crippen LogP contribution in [0.25, 0.3) is 10.9 Å². The zero-order valence-electron chi connectivity index (χ0n) is 15.1. The number of fused-ring (bicyclic) bond motifs is 4. The minimum Gasteiger partial charge on any atom is -0.508 e. The molecule has 0 radical (unpaired) electrons. The van der Waals surface area contributed by atoms with Crippen LogP contribution in [-0.4, -0.2) is 44.4 Å². The van der Waals surface area contributed by atoms with Gasteiger partial charge in [0, 0.05) is 29.6 Å². The highest BCUT2D eigenvalue weighted by Gasteiger charge is 2.52. The number of carbonyl (C=O) groups is 2. The summed E-state index contributed by atoms with van der Waals surface area (Å²) < 4.78 is 0. The zero-order valence-corrected chi connectivity index (χ0v) is 15.1. The van der Waals surface area contributed by atoms with Crippen LogP contribution in [0.2, 0.25) is 0 Å². The molecule has 28 heavy (non-hydrogen) atoms. The summed E-state index contributed by atoms with van der Waals surface area (Å²) in [5, 5.41) is 11.1. The van der Waals surface area contributed by atoms with E-state index in [1.807, 2.05) is 30.3 Å². The maximum absolute atomic E-state index is 13.1. The third kappa shape index (κ3) is 2.21. The Labute approximate surface area is 161 Å². The Morgan fingerprint density at radius 2 is 2.00 bits per heavy atom. The molecule has 2 aromatic carbocycles. The molecule has 5 rings (SSSR count). The lowest BCUT2D eigenvalue weighted by molar-refractivity contribution is -0.128. The largest absolute Gasteiger partial charge is 0.508 e. The number of aromatic hydroxyl groups is 1. The Balaban J connectivity index is 1.74. The van der Waals surface area contributed by atoms with Crippen molar-refractivity contribution in [3.05, 3.63) is 78.0 Å². The van der Waals surface area contributed by atoms with Crippen LogP contribution in [-0.2, 0) is 11.2 Å². The van der Waals surface area contributed by atoms with Gasteiger partial charge in [0.15, 0.2) is 0 Å². The van der Waals surface area contributed by atoms with Gasteiger partial charge in [0.25, 0.3) is 5.91 Å². The second-order valence-electron chi connectivity index (χ2n) is 7.21. The summed E-state index contributed by atoms with van der Waals surface area (Å²) in [6.07, 6.45) is 2.03. The van der Waals surface area contributed by atoms with E-state index in [1.54, 1.807) is 29.2 Å². The van der Waals surface area contributed by atoms with E-state index in [2.05, 4.69) is 11.6 Å². The first-order valence-corrected chi connectivity index (χ1v) is 9.23. The van der Waals surface area contributed by atoms with Crippen molar-refractivity contribution in [1.29, 1.82) is 0 Å². The summed E-state index contributed by atoms with van der Waals surface area (Å²) in [5.74, 6) is -0.0795. The van der Waals surface area contributed by atoms with Gasteiger partial charge in [0.1, 0.15) is 17.8 Å². The van der Waals surface area contributed by atoms with Crippen LogP contribution in [0.4, 0.5) is 4.79 Å². The maximum atomic E-state index is 13.1. The molecular formula is C22H19N3O3. The van der Waals surface area contributed by atoms with Crippen LogP contribution < -0.4 is 0 Å². The molecule has 0 unspecified atom stereocenters. The first-order valence-electron chi connectivity index (χ1n) is 9.23. The number of hydrogen-bond acceptors (Lipinski definition) is 3. The molecular weight excluding hydrogens is 354 g/mol. The maximum Gasteiger partial charge on any atom is 0.328 e. The number of nitrogens with zero attached hydrogens (tertiary/aromatic N) is 2. The van der Waals surface area contributed by atoms with E-state index in [1.165, 1.54) is 4.90 Å². The van der Waals surface area contributed by atoms with E-state index in [0.29, 0.717) is 6.42 Å². The second-order valence-corrected chi connectivity index (χ2v) is 7.21. The number of phenolic OH excluding ortho intramolecular Hbond substituents is 1. The smallest absolute Gasteiger partial charge is 0.328 e. The Morgan fingerprint density at radius 3 is 2.79 bits per heavy atom. The number of aromatic amines is 1. The summed E-state index contributed by atoms with van der Waals surface area (Å²) in [6, 6.07) is 13.4. The molecule has 6 heteroatoms. The van der Waals surface area contributed by atoms with E-state index >= 15 is 0 Å². The van der Waals surface area contributed by atoms with Crippen molar-refractivity contribution in [2.45, 2.75) is 18.5 Å². The summed E-state index contributed by atoms with van der Waals surface area (Å²) in [5.41, 5.74) is 3.68. The number of nitrogens with one attached hydrogen (secondary N) is 1. The first kappa shape index (κ1) is 16.6. The van der Waals surface area contributed by atoms with E-state index in [-0.39, 0.29) is 24.2 Å². The lowest BCUT2D eigenvalue weighted by atomic mass is 9.89. The van der Waals surface area contributed by atoms with Gasteiger partial charge >= 0.3 is 6.03 Å². The summed E-state index contributed by atoms with van der Waals surface area (Å²) in [4.78, 5) is 32.5. The minimum absolute atomic E-state index is 0.123. The number of aromatic nitrogens is 1. The molecule has 2 aliphatic heterocycles. The van der Waals surface area contributed by atoms with Crippen molar-refractivity contribution in [2.75, 3.05) is 6.54 Å². The quantitative estimate of drug-likeness (QED) is 0.546. The molecule has 1 aromatic heterocycles. The molecule has 0 bridgehead atoms.